The first-order valence-electron chi connectivity index (χ1n) is 23.0. The Kier molecular flexibility index (Phi) is 8.08. The number of nitriles is 1. The van der Waals surface area contributed by atoms with Gasteiger partial charge in [0.1, 0.15) is 0 Å². The van der Waals surface area contributed by atoms with Crippen LogP contribution in [0.5, 0.6) is 0 Å². The third-order valence-electron chi connectivity index (χ3n) is 14.3. The minimum absolute atomic E-state index is 0.660. The van der Waals surface area contributed by atoms with Crippen molar-refractivity contribution in [3.8, 4) is 56.3 Å². The second-order valence-electron chi connectivity index (χ2n) is 17.9. The van der Waals surface area contributed by atoms with Crippen LogP contribution in [0.25, 0.3) is 137 Å². The minimum Gasteiger partial charge on any atom is -0.309 e. The van der Waals surface area contributed by atoms with Crippen LogP contribution in [0.15, 0.2) is 231 Å². The summed E-state index contributed by atoms with van der Waals surface area (Å²) in [5, 5.41) is 27.1. The molecule has 0 radical (unpaired) electrons. The van der Waals surface area contributed by atoms with E-state index in [4.69, 9.17) is 0 Å². The summed E-state index contributed by atoms with van der Waals surface area (Å²) in [5.41, 5.74) is 13.6. The summed E-state index contributed by atoms with van der Waals surface area (Å²) < 4.78 is 2.34. The molecule has 2 heteroatoms. The number of benzene rings is 13. The van der Waals surface area contributed by atoms with E-state index in [-0.39, 0.29) is 0 Å². The molecule has 0 unspecified atom stereocenters. The first-order valence-corrected chi connectivity index (χ1v) is 23.0. The average Bonchev–Trinajstić information content (AvgIpc) is 3.73. The van der Waals surface area contributed by atoms with Crippen molar-refractivity contribution in [2.24, 2.45) is 0 Å². The zero-order valence-electron chi connectivity index (χ0n) is 36.3. The van der Waals surface area contributed by atoms with Gasteiger partial charge in [0.2, 0.25) is 0 Å². The molecule has 0 N–H and O–H groups in total. The fraction of sp³-hybridized carbons (Fsp3) is 0. The molecule has 13 aromatic carbocycles. The number of nitrogens with zero attached hydrogens (tertiary/aromatic N) is 2. The van der Waals surface area contributed by atoms with Crippen molar-refractivity contribution in [2.45, 2.75) is 0 Å². The quantitative estimate of drug-likeness (QED) is 0.125. The van der Waals surface area contributed by atoms with Gasteiger partial charge in [-0.1, -0.05) is 188 Å². The van der Waals surface area contributed by atoms with Crippen molar-refractivity contribution >= 4 is 86.4 Å². The predicted octanol–water partition coefficient (Wildman–Crippen LogP) is 17.7. The summed E-state index contributed by atoms with van der Waals surface area (Å²) in [4.78, 5) is 0. The molecule has 1 aromatic heterocycles. The van der Waals surface area contributed by atoms with Gasteiger partial charge < -0.3 is 4.57 Å². The second kappa shape index (κ2) is 14.5. The largest absolute Gasteiger partial charge is 0.309 e. The number of para-hydroxylation sites is 1. The standard InChI is InChI=1S/C65H38N2/c66-39-40-34-44-28-29-45-36-46(38-61-63(45)62(44)60(35-40)67(61)47-18-2-1-3-19-47)51-33-32-50(52-22-8-9-23-53(51)52)43-30-31-58-59(37-43)65(55-27-13-17-42-15-5-7-21-49(42)55)57-25-11-10-24-56(57)64(58)54-26-12-16-41-14-4-6-20-48(41)54/h1-38H. The van der Waals surface area contributed by atoms with E-state index < -0.39 is 0 Å². The van der Waals surface area contributed by atoms with Gasteiger partial charge in [0.25, 0.3) is 0 Å². The van der Waals surface area contributed by atoms with Crippen molar-refractivity contribution in [3.63, 3.8) is 0 Å². The maximum Gasteiger partial charge on any atom is 0.0992 e. The van der Waals surface area contributed by atoms with Crippen molar-refractivity contribution in [2.75, 3.05) is 0 Å². The Labute approximate surface area is 386 Å². The van der Waals surface area contributed by atoms with Gasteiger partial charge in [-0.2, -0.15) is 5.26 Å². The molecule has 0 saturated heterocycles. The van der Waals surface area contributed by atoms with Crippen LogP contribution in [-0.4, -0.2) is 4.57 Å². The molecule has 14 rings (SSSR count). The van der Waals surface area contributed by atoms with Crippen LogP contribution in [0.1, 0.15) is 5.56 Å². The highest BCUT2D eigenvalue weighted by Gasteiger charge is 2.23. The van der Waals surface area contributed by atoms with Gasteiger partial charge in [-0.3, -0.25) is 0 Å². The lowest BCUT2D eigenvalue weighted by Gasteiger charge is -2.21. The van der Waals surface area contributed by atoms with Crippen LogP contribution in [0.2, 0.25) is 0 Å². The highest BCUT2D eigenvalue weighted by molar-refractivity contribution is 6.27. The molecule has 0 atom stereocenters. The maximum atomic E-state index is 10.1. The molecule has 14 aromatic rings. The van der Waals surface area contributed by atoms with Gasteiger partial charge in [-0.15, -0.1) is 0 Å². The van der Waals surface area contributed by atoms with Crippen molar-refractivity contribution in [1.29, 1.82) is 5.26 Å². The van der Waals surface area contributed by atoms with E-state index in [1.165, 1.54) is 109 Å². The van der Waals surface area contributed by atoms with E-state index in [1.54, 1.807) is 0 Å². The average molecular weight is 847 g/mol. The summed E-state index contributed by atoms with van der Waals surface area (Å²) >= 11 is 0. The molecule has 0 saturated carbocycles. The molecule has 0 spiro atoms. The van der Waals surface area contributed by atoms with Gasteiger partial charge in [-0.05, 0) is 152 Å². The van der Waals surface area contributed by atoms with Gasteiger partial charge in [0.15, 0.2) is 0 Å². The van der Waals surface area contributed by atoms with Gasteiger partial charge in [0.05, 0.1) is 22.7 Å². The smallest absolute Gasteiger partial charge is 0.0992 e. The summed E-state index contributed by atoms with van der Waals surface area (Å²) in [6.07, 6.45) is 0. The third kappa shape index (κ3) is 5.56. The van der Waals surface area contributed by atoms with Crippen LogP contribution in [0.3, 0.4) is 0 Å². The topological polar surface area (TPSA) is 28.7 Å². The predicted molar refractivity (Wildman–Crippen MR) is 283 cm³/mol. The van der Waals surface area contributed by atoms with E-state index in [2.05, 4.69) is 229 Å². The number of hydrogen-bond donors (Lipinski definition) is 0. The molecule has 67 heavy (non-hydrogen) atoms. The number of rotatable bonds is 5. The molecule has 0 aliphatic heterocycles. The van der Waals surface area contributed by atoms with Crippen molar-refractivity contribution in [3.05, 3.63) is 236 Å². The Balaban J connectivity index is 1.03. The Morgan fingerprint density at radius 2 is 0.791 bits per heavy atom. The van der Waals surface area contributed by atoms with E-state index in [0.717, 1.165) is 27.7 Å². The second-order valence-corrected chi connectivity index (χ2v) is 17.9. The first-order chi connectivity index (χ1) is 33.2. The Bertz CT molecular complexity index is 4380. The van der Waals surface area contributed by atoms with Gasteiger partial charge in [0, 0.05) is 16.5 Å². The summed E-state index contributed by atoms with van der Waals surface area (Å²) in [6.45, 7) is 0. The van der Waals surface area contributed by atoms with Crippen LogP contribution >= 0.6 is 0 Å². The van der Waals surface area contributed by atoms with Crippen LogP contribution in [0.4, 0.5) is 0 Å². The fourth-order valence-electron chi connectivity index (χ4n) is 11.5. The van der Waals surface area contributed by atoms with Crippen LogP contribution in [-0.2, 0) is 0 Å². The SMILES string of the molecule is N#Cc1cc2ccc3cc(-c4ccc(-c5ccc6c(-c7cccc8ccccc78)c7ccccc7c(-c7cccc8ccccc78)c6c5)c5ccccc45)cc4c3c2c(c1)n4-c1ccccc1. The highest BCUT2D eigenvalue weighted by atomic mass is 15.0. The molecular formula is C65H38N2. The van der Waals surface area contributed by atoms with E-state index in [9.17, 15) is 5.26 Å². The monoisotopic (exact) mass is 846 g/mol. The van der Waals surface area contributed by atoms with E-state index in [0.29, 0.717) is 5.56 Å². The molecular weight excluding hydrogens is 809 g/mol. The first kappa shape index (κ1) is 37.4. The summed E-state index contributed by atoms with van der Waals surface area (Å²) in [5.74, 6) is 0. The third-order valence-corrected chi connectivity index (χ3v) is 14.3. The lowest BCUT2D eigenvalue weighted by Crippen LogP contribution is -1.94. The zero-order chi connectivity index (χ0) is 44.2. The van der Waals surface area contributed by atoms with Crippen LogP contribution in [0, 0.1) is 11.3 Å². The number of hydrogen-bond acceptors (Lipinski definition) is 1. The van der Waals surface area contributed by atoms with Crippen molar-refractivity contribution in [1.82, 2.24) is 4.57 Å². The molecule has 0 aliphatic rings. The molecule has 308 valence electrons. The molecule has 2 nitrogen and oxygen atoms in total. The molecule has 0 aliphatic carbocycles. The summed E-state index contributed by atoms with van der Waals surface area (Å²) in [6, 6.07) is 86.8. The minimum atomic E-state index is 0.660. The molecule has 0 bridgehead atoms. The Morgan fingerprint density at radius 1 is 0.299 bits per heavy atom. The maximum absolute atomic E-state index is 10.1. The number of aromatic nitrogens is 1. The van der Waals surface area contributed by atoms with Crippen molar-refractivity contribution < 1.29 is 0 Å². The lowest BCUT2D eigenvalue weighted by molar-refractivity contribution is 1.18. The fourth-order valence-corrected chi connectivity index (χ4v) is 11.5. The van der Waals surface area contributed by atoms with Gasteiger partial charge in [-0.25, -0.2) is 0 Å². The highest BCUT2D eigenvalue weighted by Crippen LogP contribution is 2.49. The number of fused-ring (bicyclic) bond motifs is 5. The molecule has 0 amide bonds. The van der Waals surface area contributed by atoms with Gasteiger partial charge >= 0.3 is 0 Å². The van der Waals surface area contributed by atoms with Crippen LogP contribution < -0.4 is 0 Å². The zero-order valence-corrected chi connectivity index (χ0v) is 36.3. The van der Waals surface area contributed by atoms with E-state index >= 15 is 0 Å². The lowest BCUT2D eigenvalue weighted by atomic mass is 9.82. The molecule has 0 fully saturated rings. The Morgan fingerprint density at radius 3 is 1.42 bits per heavy atom. The summed E-state index contributed by atoms with van der Waals surface area (Å²) in [7, 11) is 0. The normalized spacial score (nSPS) is 11.9. The van der Waals surface area contributed by atoms with E-state index in [1.807, 2.05) is 12.1 Å². The Hall–Kier alpha value is -9.03. The molecule has 1 heterocycles.